The lowest BCUT2D eigenvalue weighted by Gasteiger charge is -2.09. The van der Waals surface area contributed by atoms with Crippen molar-refractivity contribution >= 4 is 43.2 Å². The fraction of sp³-hybridized carbons (Fsp3) is 0.400. The highest BCUT2D eigenvalue weighted by Crippen LogP contribution is 2.32. The Bertz CT molecular complexity index is 500. The quantitative estimate of drug-likeness (QED) is 0.924. The maximum absolute atomic E-state index is 11.7. The van der Waals surface area contributed by atoms with E-state index in [-0.39, 0.29) is 5.75 Å². The Morgan fingerprint density at radius 3 is 2.69 bits per heavy atom. The van der Waals surface area contributed by atoms with Crippen LogP contribution < -0.4 is 4.72 Å². The molecule has 0 aromatic heterocycles. The molecule has 3 nitrogen and oxygen atoms in total. The van der Waals surface area contributed by atoms with Crippen LogP contribution in [0.4, 0.5) is 5.69 Å². The maximum atomic E-state index is 11.7. The van der Waals surface area contributed by atoms with Gasteiger partial charge >= 0.3 is 0 Å². The van der Waals surface area contributed by atoms with Crippen molar-refractivity contribution in [2.75, 3.05) is 10.5 Å². The van der Waals surface area contributed by atoms with Gasteiger partial charge in [-0.1, -0.05) is 11.6 Å². The molecule has 2 rings (SSSR count). The molecule has 0 unspecified atom stereocenters. The molecule has 0 aliphatic heterocycles. The van der Waals surface area contributed by atoms with Crippen LogP contribution in [-0.2, 0) is 10.0 Å². The van der Waals surface area contributed by atoms with E-state index < -0.39 is 10.0 Å². The van der Waals surface area contributed by atoms with Crippen LogP contribution in [0.1, 0.15) is 12.8 Å². The van der Waals surface area contributed by atoms with Gasteiger partial charge in [-0.2, -0.15) is 0 Å². The number of anilines is 1. The number of hydrogen-bond donors (Lipinski definition) is 1. The minimum absolute atomic E-state index is 0.210. The Morgan fingerprint density at radius 2 is 2.12 bits per heavy atom. The molecule has 0 bridgehead atoms. The lowest BCUT2D eigenvalue weighted by atomic mass is 10.3. The molecule has 1 aromatic carbocycles. The molecule has 0 heterocycles. The van der Waals surface area contributed by atoms with E-state index in [1.54, 1.807) is 18.2 Å². The zero-order valence-electron chi connectivity index (χ0n) is 8.41. The summed E-state index contributed by atoms with van der Waals surface area (Å²) < 4.78 is 26.6. The molecule has 1 saturated carbocycles. The second-order valence-electron chi connectivity index (χ2n) is 3.95. The van der Waals surface area contributed by atoms with Crippen molar-refractivity contribution in [1.82, 2.24) is 0 Å². The SMILES string of the molecule is O=S(=O)(CC1CC1)Nc1ccc(Cl)cc1Br. The van der Waals surface area contributed by atoms with Gasteiger partial charge in [0.25, 0.3) is 0 Å². The maximum Gasteiger partial charge on any atom is 0.233 e. The molecule has 0 radical (unpaired) electrons. The zero-order chi connectivity index (χ0) is 11.8. The molecule has 1 aliphatic rings. The fourth-order valence-corrected chi connectivity index (χ4v) is 3.84. The van der Waals surface area contributed by atoms with Crippen molar-refractivity contribution in [2.45, 2.75) is 12.8 Å². The number of rotatable bonds is 4. The Kier molecular flexibility index (Phi) is 3.47. The number of benzene rings is 1. The Hall–Kier alpha value is -0.260. The molecule has 1 fully saturated rings. The molecular formula is C10H11BrClNO2S. The summed E-state index contributed by atoms with van der Waals surface area (Å²) in [5.74, 6) is 0.547. The van der Waals surface area contributed by atoms with Crippen LogP contribution in [0, 0.1) is 5.92 Å². The van der Waals surface area contributed by atoms with Crippen molar-refractivity contribution in [3.63, 3.8) is 0 Å². The Labute approximate surface area is 108 Å². The highest BCUT2D eigenvalue weighted by Gasteiger charge is 2.28. The number of nitrogens with one attached hydrogen (secondary N) is 1. The average molecular weight is 325 g/mol. The summed E-state index contributed by atoms with van der Waals surface area (Å²) in [5, 5.41) is 0.567. The van der Waals surface area contributed by atoms with Gasteiger partial charge in [-0.05, 0) is 52.9 Å². The van der Waals surface area contributed by atoms with Gasteiger partial charge in [0.05, 0.1) is 11.4 Å². The number of sulfonamides is 1. The lowest BCUT2D eigenvalue weighted by molar-refractivity contribution is 0.597. The van der Waals surface area contributed by atoms with Crippen LogP contribution in [0.2, 0.25) is 5.02 Å². The molecule has 1 aliphatic carbocycles. The summed E-state index contributed by atoms with van der Waals surface area (Å²) in [6.07, 6.45) is 2.03. The summed E-state index contributed by atoms with van der Waals surface area (Å²) in [6.45, 7) is 0. The Morgan fingerprint density at radius 1 is 1.44 bits per heavy atom. The first kappa shape index (κ1) is 12.2. The fourth-order valence-electron chi connectivity index (χ4n) is 1.38. The largest absolute Gasteiger partial charge is 0.282 e. The molecular weight excluding hydrogens is 314 g/mol. The molecule has 1 aromatic rings. The summed E-state index contributed by atoms with van der Waals surface area (Å²) in [5.41, 5.74) is 0.532. The van der Waals surface area contributed by atoms with E-state index in [4.69, 9.17) is 11.6 Å². The minimum atomic E-state index is -3.23. The molecule has 1 N–H and O–H groups in total. The van der Waals surface area contributed by atoms with Gasteiger partial charge in [-0.3, -0.25) is 4.72 Å². The highest BCUT2D eigenvalue weighted by atomic mass is 79.9. The van der Waals surface area contributed by atoms with E-state index in [2.05, 4.69) is 20.7 Å². The summed E-state index contributed by atoms with van der Waals surface area (Å²) in [6, 6.07) is 4.97. The smallest absolute Gasteiger partial charge is 0.233 e. The van der Waals surface area contributed by atoms with E-state index in [1.165, 1.54) is 0 Å². The van der Waals surface area contributed by atoms with Crippen molar-refractivity contribution < 1.29 is 8.42 Å². The third-order valence-corrected chi connectivity index (χ3v) is 4.68. The second kappa shape index (κ2) is 4.55. The first-order chi connectivity index (χ1) is 7.46. The zero-order valence-corrected chi connectivity index (χ0v) is 11.6. The van der Waals surface area contributed by atoms with Crippen LogP contribution in [0.15, 0.2) is 22.7 Å². The Balaban J connectivity index is 2.13. The van der Waals surface area contributed by atoms with Crippen molar-refractivity contribution in [3.05, 3.63) is 27.7 Å². The molecule has 16 heavy (non-hydrogen) atoms. The van der Waals surface area contributed by atoms with Crippen molar-refractivity contribution in [3.8, 4) is 0 Å². The normalized spacial score (nSPS) is 16.1. The van der Waals surface area contributed by atoms with Crippen LogP contribution in [0.5, 0.6) is 0 Å². The van der Waals surface area contributed by atoms with Crippen molar-refractivity contribution in [1.29, 1.82) is 0 Å². The van der Waals surface area contributed by atoms with Gasteiger partial charge in [-0.25, -0.2) is 8.42 Å². The predicted molar refractivity (Wildman–Crippen MR) is 69.3 cm³/mol. The van der Waals surface area contributed by atoms with Gasteiger partial charge in [0, 0.05) is 9.50 Å². The number of hydrogen-bond acceptors (Lipinski definition) is 2. The van der Waals surface area contributed by atoms with Gasteiger partial charge in [0.15, 0.2) is 0 Å². The highest BCUT2D eigenvalue weighted by molar-refractivity contribution is 9.10. The number of halogens is 2. The first-order valence-electron chi connectivity index (χ1n) is 4.92. The molecule has 0 atom stereocenters. The van der Waals surface area contributed by atoms with E-state index in [1.807, 2.05) is 0 Å². The van der Waals surface area contributed by atoms with Crippen LogP contribution in [0.25, 0.3) is 0 Å². The second-order valence-corrected chi connectivity index (χ2v) is 7.01. The van der Waals surface area contributed by atoms with Crippen LogP contribution in [0.3, 0.4) is 0 Å². The van der Waals surface area contributed by atoms with Gasteiger partial charge < -0.3 is 0 Å². The molecule has 88 valence electrons. The lowest BCUT2D eigenvalue weighted by Crippen LogP contribution is -2.18. The molecule has 0 saturated heterocycles. The summed E-state index contributed by atoms with van der Waals surface area (Å²) in [7, 11) is -3.23. The van der Waals surface area contributed by atoms with E-state index in [0.29, 0.717) is 21.1 Å². The minimum Gasteiger partial charge on any atom is -0.282 e. The van der Waals surface area contributed by atoms with Gasteiger partial charge in [0.1, 0.15) is 0 Å². The van der Waals surface area contributed by atoms with Crippen LogP contribution >= 0.6 is 27.5 Å². The predicted octanol–water partition coefficient (Wildman–Crippen LogP) is 3.25. The summed E-state index contributed by atoms with van der Waals surface area (Å²) >= 11 is 9.05. The third-order valence-electron chi connectivity index (χ3n) is 2.35. The third kappa shape index (κ3) is 3.37. The topological polar surface area (TPSA) is 46.2 Å². The van der Waals surface area contributed by atoms with E-state index >= 15 is 0 Å². The first-order valence-corrected chi connectivity index (χ1v) is 7.74. The molecule has 0 spiro atoms. The van der Waals surface area contributed by atoms with Gasteiger partial charge in [0.2, 0.25) is 10.0 Å². The van der Waals surface area contributed by atoms with E-state index in [9.17, 15) is 8.42 Å². The standard InChI is InChI=1S/C10H11BrClNO2S/c11-9-5-8(12)3-4-10(9)13-16(14,15)6-7-1-2-7/h3-5,7,13H,1-2,6H2. The monoisotopic (exact) mass is 323 g/mol. The molecule has 6 heteroatoms. The van der Waals surface area contributed by atoms with Crippen LogP contribution in [-0.4, -0.2) is 14.2 Å². The van der Waals surface area contributed by atoms with Crippen molar-refractivity contribution in [2.24, 2.45) is 5.92 Å². The summed E-state index contributed by atoms with van der Waals surface area (Å²) in [4.78, 5) is 0. The average Bonchev–Trinajstić information content (AvgIpc) is 2.93. The van der Waals surface area contributed by atoms with Gasteiger partial charge in [-0.15, -0.1) is 0 Å². The van der Waals surface area contributed by atoms with E-state index in [0.717, 1.165) is 12.8 Å². The molecule has 0 amide bonds.